The maximum Gasteiger partial charge on any atom is 0.339 e. The molecule has 0 aromatic heterocycles. The lowest BCUT2D eigenvalue weighted by molar-refractivity contribution is 0.0585. The van der Waals surface area contributed by atoms with Crippen LogP contribution in [0.5, 0.6) is 0 Å². The van der Waals surface area contributed by atoms with E-state index in [-0.39, 0.29) is 11.1 Å². The lowest BCUT2D eigenvalue weighted by Crippen LogP contribution is -2.11. The Morgan fingerprint density at radius 1 is 1.11 bits per heavy atom. The summed E-state index contributed by atoms with van der Waals surface area (Å²) in [5, 5.41) is 10.6. The van der Waals surface area contributed by atoms with E-state index in [1.807, 2.05) is 13.0 Å². The molecule has 2 aromatic carbocycles. The van der Waals surface area contributed by atoms with Gasteiger partial charge in [0.05, 0.1) is 18.2 Å². The fourth-order valence-electron chi connectivity index (χ4n) is 2.02. The van der Waals surface area contributed by atoms with Crippen LogP contribution in [0, 0.1) is 6.92 Å². The summed E-state index contributed by atoms with van der Waals surface area (Å²) in [6, 6.07) is 8.56. The molecule has 0 atom stereocenters. The number of carbonyl (C=O) groups excluding carboxylic acids is 1. The van der Waals surface area contributed by atoms with E-state index in [9.17, 15) is 9.59 Å². The Kier molecular flexibility index (Phi) is 3.02. The van der Waals surface area contributed by atoms with Crippen LogP contribution in [0.1, 0.15) is 26.3 Å². The maximum absolute atomic E-state index is 11.8. The molecule has 4 heteroatoms. The fraction of sp³-hybridized carbons (Fsp3) is 0.143. The van der Waals surface area contributed by atoms with E-state index in [2.05, 4.69) is 4.74 Å². The predicted molar refractivity (Wildman–Crippen MR) is 67.0 cm³/mol. The number of rotatable bonds is 2. The van der Waals surface area contributed by atoms with Gasteiger partial charge in [-0.15, -0.1) is 0 Å². The van der Waals surface area contributed by atoms with Crippen LogP contribution >= 0.6 is 0 Å². The average molecular weight is 244 g/mol. The molecular weight excluding hydrogens is 232 g/mol. The molecule has 0 spiro atoms. The van der Waals surface area contributed by atoms with E-state index in [1.54, 1.807) is 18.2 Å². The van der Waals surface area contributed by atoms with Crippen LogP contribution in [0.2, 0.25) is 0 Å². The Balaban J connectivity index is 2.90. The van der Waals surface area contributed by atoms with Crippen molar-refractivity contribution in [2.75, 3.05) is 7.11 Å². The highest BCUT2D eigenvalue weighted by Crippen LogP contribution is 2.26. The summed E-state index contributed by atoms with van der Waals surface area (Å²) in [4.78, 5) is 22.9. The van der Waals surface area contributed by atoms with Gasteiger partial charge in [-0.1, -0.05) is 24.3 Å². The number of aromatic carboxylic acids is 1. The average Bonchev–Trinajstić information content (AvgIpc) is 2.36. The molecule has 0 heterocycles. The van der Waals surface area contributed by atoms with E-state index in [4.69, 9.17) is 5.11 Å². The van der Waals surface area contributed by atoms with Crippen LogP contribution in [0.25, 0.3) is 10.8 Å². The third-order valence-electron chi connectivity index (χ3n) is 2.90. The minimum absolute atomic E-state index is 0.0417. The Hall–Kier alpha value is -2.36. The summed E-state index contributed by atoms with van der Waals surface area (Å²) in [7, 11) is 1.24. The molecule has 18 heavy (non-hydrogen) atoms. The van der Waals surface area contributed by atoms with Crippen molar-refractivity contribution < 1.29 is 19.4 Å². The van der Waals surface area contributed by atoms with E-state index >= 15 is 0 Å². The van der Waals surface area contributed by atoms with Crippen LogP contribution in [0.3, 0.4) is 0 Å². The zero-order valence-corrected chi connectivity index (χ0v) is 10.1. The van der Waals surface area contributed by atoms with Gasteiger partial charge in [0.25, 0.3) is 0 Å². The van der Waals surface area contributed by atoms with Gasteiger partial charge in [-0.3, -0.25) is 0 Å². The molecule has 0 bridgehead atoms. The first kappa shape index (κ1) is 12.1. The maximum atomic E-state index is 11.8. The van der Waals surface area contributed by atoms with Crippen LogP contribution in [0.15, 0.2) is 30.3 Å². The number of fused-ring (bicyclic) bond motifs is 1. The molecule has 0 saturated heterocycles. The number of carboxylic acid groups (broad SMARTS) is 1. The van der Waals surface area contributed by atoms with Gasteiger partial charge in [0.15, 0.2) is 0 Å². The second-order valence-electron chi connectivity index (χ2n) is 3.95. The lowest BCUT2D eigenvalue weighted by Gasteiger charge is -2.10. The number of hydrogen-bond acceptors (Lipinski definition) is 3. The quantitative estimate of drug-likeness (QED) is 0.825. The summed E-state index contributed by atoms with van der Waals surface area (Å²) < 4.78 is 4.67. The minimum atomic E-state index is -1.14. The summed E-state index contributed by atoms with van der Waals surface area (Å²) in [6.07, 6.45) is 0. The SMILES string of the molecule is COC(=O)c1c(C(=O)O)ccc2c(C)cccc12. The molecule has 0 saturated carbocycles. The summed E-state index contributed by atoms with van der Waals surface area (Å²) in [5.74, 6) is -1.78. The fourth-order valence-corrected chi connectivity index (χ4v) is 2.02. The first-order chi connectivity index (χ1) is 8.56. The van der Waals surface area contributed by atoms with Crippen molar-refractivity contribution in [2.24, 2.45) is 0 Å². The van der Waals surface area contributed by atoms with Crippen LogP contribution in [-0.4, -0.2) is 24.2 Å². The first-order valence-electron chi connectivity index (χ1n) is 5.40. The zero-order chi connectivity index (χ0) is 13.3. The van der Waals surface area contributed by atoms with Gasteiger partial charge >= 0.3 is 11.9 Å². The predicted octanol–water partition coefficient (Wildman–Crippen LogP) is 2.63. The normalized spacial score (nSPS) is 10.3. The van der Waals surface area contributed by atoms with E-state index in [0.29, 0.717) is 5.39 Å². The smallest absolute Gasteiger partial charge is 0.339 e. The van der Waals surface area contributed by atoms with Gasteiger partial charge < -0.3 is 9.84 Å². The zero-order valence-electron chi connectivity index (χ0n) is 10.1. The highest BCUT2D eigenvalue weighted by molar-refractivity contribution is 6.12. The van der Waals surface area contributed by atoms with Crippen LogP contribution < -0.4 is 0 Å². The summed E-state index contributed by atoms with van der Waals surface area (Å²) in [6.45, 7) is 1.91. The first-order valence-corrected chi connectivity index (χ1v) is 5.40. The molecule has 0 aliphatic carbocycles. The molecule has 92 valence electrons. The Morgan fingerprint density at radius 3 is 2.44 bits per heavy atom. The van der Waals surface area contributed by atoms with Gasteiger partial charge in [-0.05, 0) is 29.3 Å². The number of methoxy groups -OCH3 is 1. The topological polar surface area (TPSA) is 63.6 Å². The van der Waals surface area contributed by atoms with E-state index < -0.39 is 11.9 Å². The van der Waals surface area contributed by atoms with Crippen molar-refractivity contribution in [1.29, 1.82) is 0 Å². The van der Waals surface area contributed by atoms with E-state index in [1.165, 1.54) is 13.2 Å². The standard InChI is InChI=1S/C14H12O4/c1-8-4-3-5-10-9(8)6-7-11(13(15)16)12(10)14(17)18-2/h3-7H,1-2H3,(H,15,16). The molecule has 0 fully saturated rings. The molecule has 0 radical (unpaired) electrons. The second-order valence-corrected chi connectivity index (χ2v) is 3.95. The van der Waals surface area contributed by atoms with Crippen LogP contribution in [0.4, 0.5) is 0 Å². The number of esters is 1. The highest BCUT2D eigenvalue weighted by atomic mass is 16.5. The molecule has 4 nitrogen and oxygen atoms in total. The largest absolute Gasteiger partial charge is 0.478 e. The highest BCUT2D eigenvalue weighted by Gasteiger charge is 2.20. The monoisotopic (exact) mass is 244 g/mol. The lowest BCUT2D eigenvalue weighted by atomic mass is 9.96. The Labute approximate surface area is 104 Å². The van der Waals surface area contributed by atoms with Crippen molar-refractivity contribution in [1.82, 2.24) is 0 Å². The molecule has 0 aliphatic heterocycles. The van der Waals surface area contributed by atoms with Gasteiger partial charge in [0.1, 0.15) is 0 Å². The van der Waals surface area contributed by atoms with E-state index in [0.717, 1.165) is 10.9 Å². The number of hydrogen-bond donors (Lipinski definition) is 1. The minimum Gasteiger partial charge on any atom is -0.478 e. The summed E-state index contributed by atoms with van der Waals surface area (Å²) >= 11 is 0. The van der Waals surface area contributed by atoms with Gasteiger partial charge in [0.2, 0.25) is 0 Å². The third kappa shape index (κ3) is 1.82. The van der Waals surface area contributed by atoms with Gasteiger partial charge in [-0.2, -0.15) is 0 Å². The van der Waals surface area contributed by atoms with Crippen molar-refractivity contribution in [3.8, 4) is 0 Å². The third-order valence-corrected chi connectivity index (χ3v) is 2.90. The van der Waals surface area contributed by atoms with Crippen molar-refractivity contribution in [3.63, 3.8) is 0 Å². The van der Waals surface area contributed by atoms with Crippen molar-refractivity contribution >= 4 is 22.7 Å². The molecule has 2 aromatic rings. The van der Waals surface area contributed by atoms with Gasteiger partial charge in [0, 0.05) is 0 Å². The molecule has 0 aliphatic rings. The Bertz CT molecular complexity index is 644. The molecule has 0 amide bonds. The molecule has 1 N–H and O–H groups in total. The number of benzene rings is 2. The van der Waals surface area contributed by atoms with Crippen LogP contribution in [-0.2, 0) is 4.74 Å². The molecule has 0 unspecified atom stereocenters. The van der Waals surface area contributed by atoms with Crippen molar-refractivity contribution in [2.45, 2.75) is 6.92 Å². The second kappa shape index (κ2) is 4.49. The molecule has 2 rings (SSSR count). The number of aryl methyl sites for hydroxylation is 1. The van der Waals surface area contributed by atoms with Crippen molar-refractivity contribution in [3.05, 3.63) is 47.0 Å². The number of carboxylic acids is 1. The number of ether oxygens (including phenoxy) is 1. The summed E-state index contributed by atoms with van der Waals surface area (Å²) in [5.41, 5.74) is 1.04. The number of carbonyl (C=O) groups is 2. The molecular formula is C14H12O4. The van der Waals surface area contributed by atoms with Gasteiger partial charge in [-0.25, -0.2) is 9.59 Å². The Morgan fingerprint density at radius 2 is 1.83 bits per heavy atom.